The van der Waals surface area contributed by atoms with E-state index in [0.29, 0.717) is 19.6 Å². The molecule has 0 atom stereocenters. The van der Waals surface area contributed by atoms with Crippen molar-refractivity contribution in [2.75, 3.05) is 20.3 Å². The van der Waals surface area contributed by atoms with Crippen LogP contribution < -0.4 is 0 Å². The van der Waals surface area contributed by atoms with E-state index in [1.165, 1.54) is 5.01 Å². The zero-order chi connectivity index (χ0) is 8.97. The Morgan fingerprint density at radius 1 is 1.58 bits per heavy atom. The van der Waals surface area contributed by atoms with Gasteiger partial charge in [-0.05, 0) is 13.3 Å². The second-order valence-corrected chi connectivity index (χ2v) is 2.84. The summed E-state index contributed by atoms with van der Waals surface area (Å²) in [7, 11) is 1.62. The summed E-state index contributed by atoms with van der Waals surface area (Å²) in [6, 6.07) is 0. The first kappa shape index (κ1) is 9.19. The van der Waals surface area contributed by atoms with Gasteiger partial charge in [0.05, 0.1) is 13.2 Å². The summed E-state index contributed by atoms with van der Waals surface area (Å²) in [4.78, 5) is 11.2. The average molecular weight is 170 g/mol. The molecule has 4 heteroatoms. The number of amides is 1. The van der Waals surface area contributed by atoms with Crippen LogP contribution in [0.2, 0.25) is 0 Å². The maximum atomic E-state index is 11.2. The Bertz CT molecular complexity index is 201. The van der Waals surface area contributed by atoms with Gasteiger partial charge in [-0.3, -0.25) is 4.79 Å². The van der Waals surface area contributed by atoms with E-state index in [0.717, 1.165) is 12.1 Å². The normalized spacial score (nSPS) is 18.0. The summed E-state index contributed by atoms with van der Waals surface area (Å²) in [5.41, 5.74) is 1.02. The molecule has 0 saturated carbocycles. The number of carbonyl (C=O) groups is 1. The lowest BCUT2D eigenvalue weighted by molar-refractivity contribution is -0.132. The van der Waals surface area contributed by atoms with E-state index in [-0.39, 0.29) is 5.91 Å². The van der Waals surface area contributed by atoms with Gasteiger partial charge in [-0.1, -0.05) is 0 Å². The van der Waals surface area contributed by atoms with Gasteiger partial charge in [0, 0.05) is 19.2 Å². The highest BCUT2D eigenvalue weighted by Gasteiger charge is 2.17. The second kappa shape index (κ2) is 4.21. The van der Waals surface area contributed by atoms with Gasteiger partial charge in [0.1, 0.15) is 0 Å². The van der Waals surface area contributed by atoms with Gasteiger partial charge >= 0.3 is 0 Å². The predicted molar refractivity (Wildman–Crippen MR) is 45.9 cm³/mol. The van der Waals surface area contributed by atoms with Crippen LogP contribution in [0.5, 0.6) is 0 Å². The maximum absolute atomic E-state index is 11.2. The van der Waals surface area contributed by atoms with E-state index in [2.05, 4.69) is 5.10 Å². The molecule has 0 bridgehead atoms. The van der Waals surface area contributed by atoms with Crippen LogP contribution in [0.25, 0.3) is 0 Å². The van der Waals surface area contributed by atoms with Crippen LogP contribution in [-0.2, 0) is 9.53 Å². The summed E-state index contributed by atoms with van der Waals surface area (Å²) < 4.78 is 4.86. The van der Waals surface area contributed by atoms with Crippen molar-refractivity contribution in [2.24, 2.45) is 5.10 Å². The van der Waals surface area contributed by atoms with Crippen molar-refractivity contribution >= 4 is 11.6 Å². The lowest BCUT2D eigenvalue weighted by atomic mass is 10.2. The van der Waals surface area contributed by atoms with Gasteiger partial charge in [0.25, 0.3) is 0 Å². The molecule has 0 N–H and O–H groups in total. The Labute approximate surface area is 72.2 Å². The van der Waals surface area contributed by atoms with Crippen LogP contribution >= 0.6 is 0 Å². The fraction of sp³-hybridized carbons (Fsp3) is 0.750. The number of ether oxygens (including phenoxy) is 1. The molecule has 0 radical (unpaired) electrons. The Hall–Kier alpha value is -0.900. The number of carbonyl (C=O) groups excluding carboxylic acids is 1. The highest BCUT2D eigenvalue weighted by Crippen LogP contribution is 2.07. The maximum Gasteiger partial charge on any atom is 0.243 e. The molecule has 12 heavy (non-hydrogen) atoms. The number of methoxy groups -OCH3 is 1. The first-order chi connectivity index (χ1) is 5.74. The number of rotatable bonds is 3. The minimum atomic E-state index is 0.0950. The summed E-state index contributed by atoms with van der Waals surface area (Å²) in [5, 5.41) is 5.61. The number of hydrogen-bond acceptors (Lipinski definition) is 3. The molecule has 0 unspecified atom stereocenters. The molecule has 1 rings (SSSR count). The molecule has 0 aromatic carbocycles. The molecule has 0 aromatic heterocycles. The molecule has 0 spiro atoms. The lowest BCUT2D eigenvalue weighted by Crippen LogP contribution is -2.33. The van der Waals surface area contributed by atoms with Crippen molar-refractivity contribution in [3.05, 3.63) is 0 Å². The van der Waals surface area contributed by atoms with Gasteiger partial charge in [0.15, 0.2) is 0 Å². The molecular weight excluding hydrogens is 156 g/mol. The fourth-order valence-electron chi connectivity index (χ4n) is 1.08. The van der Waals surface area contributed by atoms with Gasteiger partial charge < -0.3 is 4.74 Å². The van der Waals surface area contributed by atoms with Gasteiger partial charge in [0.2, 0.25) is 5.91 Å². The van der Waals surface area contributed by atoms with E-state index in [1.807, 2.05) is 6.92 Å². The summed E-state index contributed by atoms with van der Waals surface area (Å²) in [6.07, 6.45) is 1.38. The van der Waals surface area contributed by atoms with Crippen molar-refractivity contribution in [1.29, 1.82) is 0 Å². The topological polar surface area (TPSA) is 41.9 Å². The van der Waals surface area contributed by atoms with Crippen LogP contribution in [0.4, 0.5) is 0 Å². The second-order valence-electron chi connectivity index (χ2n) is 2.84. The molecule has 4 nitrogen and oxygen atoms in total. The summed E-state index contributed by atoms with van der Waals surface area (Å²) >= 11 is 0. The minimum Gasteiger partial charge on any atom is -0.383 e. The molecule has 0 fully saturated rings. The average Bonchev–Trinajstić information content (AvgIpc) is 2.07. The number of hydrogen-bond donors (Lipinski definition) is 0. The molecule has 68 valence electrons. The Morgan fingerprint density at radius 3 is 3.00 bits per heavy atom. The first-order valence-electron chi connectivity index (χ1n) is 4.07. The smallest absolute Gasteiger partial charge is 0.243 e. The minimum absolute atomic E-state index is 0.0950. The monoisotopic (exact) mass is 170 g/mol. The molecule has 1 amide bonds. The van der Waals surface area contributed by atoms with Crippen LogP contribution in [0.1, 0.15) is 19.8 Å². The van der Waals surface area contributed by atoms with Crippen molar-refractivity contribution < 1.29 is 9.53 Å². The predicted octanol–water partition coefficient (Wildman–Crippen LogP) is 0.631. The van der Waals surface area contributed by atoms with E-state index in [4.69, 9.17) is 4.74 Å². The van der Waals surface area contributed by atoms with Crippen molar-refractivity contribution in [2.45, 2.75) is 19.8 Å². The molecule has 1 aliphatic rings. The van der Waals surface area contributed by atoms with Gasteiger partial charge in [-0.2, -0.15) is 5.10 Å². The van der Waals surface area contributed by atoms with Crippen LogP contribution in [0.3, 0.4) is 0 Å². The highest BCUT2D eigenvalue weighted by atomic mass is 16.5. The molecular formula is C8H14N2O2. The third-order valence-corrected chi connectivity index (χ3v) is 1.79. The van der Waals surface area contributed by atoms with E-state index in [1.54, 1.807) is 7.11 Å². The summed E-state index contributed by atoms with van der Waals surface area (Å²) in [5.74, 6) is 0.0950. The fourth-order valence-corrected chi connectivity index (χ4v) is 1.08. The quantitative estimate of drug-likeness (QED) is 0.623. The summed E-state index contributed by atoms with van der Waals surface area (Å²) in [6.45, 7) is 3.04. The van der Waals surface area contributed by atoms with Crippen molar-refractivity contribution in [3.8, 4) is 0 Å². The van der Waals surface area contributed by atoms with E-state index >= 15 is 0 Å². The zero-order valence-electron chi connectivity index (χ0n) is 7.54. The molecule has 0 aliphatic carbocycles. The van der Waals surface area contributed by atoms with Gasteiger partial charge in [-0.25, -0.2) is 5.01 Å². The van der Waals surface area contributed by atoms with Crippen LogP contribution in [0.15, 0.2) is 5.10 Å². The van der Waals surface area contributed by atoms with E-state index < -0.39 is 0 Å². The number of nitrogens with zero attached hydrogens (tertiary/aromatic N) is 2. The highest BCUT2D eigenvalue weighted by molar-refractivity contribution is 5.90. The molecule has 0 saturated heterocycles. The molecule has 1 heterocycles. The number of hydrazone groups is 1. The molecule has 1 aliphatic heterocycles. The third-order valence-electron chi connectivity index (χ3n) is 1.79. The first-order valence-corrected chi connectivity index (χ1v) is 4.07. The Morgan fingerprint density at radius 2 is 2.33 bits per heavy atom. The third kappa shape index (κ3) is 2.30. The Balaban J connectivity index is 2.48. The van der Waals surface area contributed by atoms with Crippen LogP contribution in [0, 0.1) is 0 Å². The van der Waals surface area contributed by atoms with Crippen LogP contribution in [-0.4, -0.2) is 36.9 Å². The standard InChI is InChI=1S/C8H14N2O2/c1-7-3-4-8(11)10(9-7)5-6-12-2/h3-6H2,1-2H3. The van der Waals surface area contributed by atoms with Crippen molar-refractivity contribution in [1.82, 2.24) is 5.01 Å². The van der Waals surface area contributed by atoms with E-state index in [9.17, 15) is 4.79 Å². The Kier molecular flexibility index (Phi) is 3.22. The SMILES string of the molecule is COCCN1N=C(C)CCC1=O. The largest absolute Gasteiger partial charge is 0.383 e. The van der Waals surface area contributed by atoms with Gasteiger partial charge in [-0.15, -0.1) is 0 Å². The lowest BCUT2D eigenvalue weighted by Gasteiger charge is -2.21. The zero-order valence-corrected chi connectivity index (χ0v) is 7.54. The van der Waals surface area contributed by atoms with Crippen molar-refractivity contribution in [3.63, 3.8) is 0 Å². The molecule has 0 aromatic rings.